The van der Waals surface area contributed by atoms with E-state index in [1.165, 1.54) is 0 Å². The molecular formula is C20H22O3. The summed E-state index contributed by atoms with van der Waals surface area (Å²) in [6.07, 6.45) is 3.91. The van der Waals surface area contributed by atoms with Crippen molar-refractivity contribution in [1.29, 1.82) is 0 Å². The number of hydrogen-bond donors (Lipinski definition) is 1. The van der Waals surface area contributed by atoms with E-state index in [1.54, 1.807) is 0 Å². The lowest BCUT2D eigenvalue weighted by Crippen LogP contribution is -2.38. The lowest BCUT2D eigenvalue weighted by Gasteiger charge is -2.37. The Kier molecular flexibility index (Phi) is 3.83. The van der Waals surface area contributed by atoms with Gasteiger partial charge in [-0.3, -0.25) is 0 Å². The zero-order chi connectivity index (χ0) is 15.7. The van der Waals surface area contributed by atoms with Gasteiger partial charge in [0.1, 0.15) is 12.4 Å². The summed E-state index contributed by atoms with van der Waals surface area (Å²) in [4.78, 5) is 0. The minimum Gasteiger partial charge on any atom is -0.489 e. The summed E-state index contributed by atoms with van der Waals surface area (Å²) >= 11 is 0. The van der Waals surface area contributed by atoms with Gasteiger partial charge in [0.25, 0.3) is 0 Å². The molecule has 4 rings (SSSR count). The third kappa shape index (κ3) is 3.12. The molecule has 2 aliphatic rings. The van der Waals surface area contributed by atoms with Gasteiger partial charge < -0.3 is 14.6 Å². The van der Waals surface area contributed by atoms with Gasteiger partial charge >= 0.3 is 0 Å². The Morgan fingerprint density at radius 1 is 1.00 bits per heavy atom. The summed E-state index contributed by atoms with van der Waals surface area (Å²) in [5, 5.41) is 11.1. The average Bonchev–Trinajstić information content (AvgIpc) is 2.93. The molecule has 2 saturated heterocycles. The van der Waals surface area contributed by atoms with Crippen LogP contribution in [0.25, 0.3) is 0 Å². The summed E-state index contributed by atoms with van der Waals surface area (Å²) in [6.45, 7) is 0.539. The minimum atomic E-state index is -0.782. The van der Waals surface area contributed by atoms with E-state index in [2.05, 4.69) is 0 Å². The van der Waals surface area contributed by atoms with Crippen LogP contribution in [0.1, 0.15) is 36.8 Å². The third-order valence-corrected chi connectivity index (χ3v) is 4.95. The number of rotatable bonds is 4. The quantitative estimate of drug-likeness (QED) is 0.933. The van der Waals surface area contributed by atoms with Crippen LogP contribution >= 0.6 is 0 Å². The predicted octanol–water partition coefficient (Wildman–Crippen LogP) is 3.79. The van der Waals surface area contributed by atoms with Gasteiger partial charge in [-0.15, -0.1) is 0 Å². The van der Waals surface area contributed by atoms with Gasteiger partial charge in [-0.1, -0.05) is 42.5 Å². The summed E-state index contributed by atoms with van der Waals surface area (Å²) in [7, 11) is 0. The van der Waals surface area contributed by atoms with Crippen molar-refractivity contribution >= 4 is 0 Å². The average molecular weight is 310 g/mol. The Balaban J connectivity index is 1.50. The first-order valence-corrected chi connectivity index (χ1v) is 8.36. The maximum Gasteiger partial charge on any atom is 0.120 e. The van der Waals surface area contributed by atoms with Crippen molar-refractivity contribution < 1.29 is 14.6 Å². The van der Waals surface area contributed by atoms with E-state index in [0.29, 0.717) is 19.4 Å². The smallest absolute Gasteiger partial charge is 0.120 e. The molecule has 0 aliphatic carbocycles. The van der Waals surface area contributed by atoms with E-state index in [4.69, 9.17) is 9.47 Å². The number of aliphatic hydroxyl groups is 1. The molecule has 0 amide bonds. The van der Waals surface area contributed by atoms with Crippen LogP contribution in [0.4, 0.5) is 0 Å². The van der Waals surface area contributed by atoms with Gasteiger partial charge in [0, 0.05) is 12.8 Å². The van der Waals surface area contributed by atoms with Crippen LogP contribution < -0.4 is 4.74 Å². The molecule has 2 heterocycles. The van der Waals surface area contributed by atoms with E-state index in [-0.39, 0.29) is 12.2 Å². The van der Waals surface area contributed by atoms with Gasteiger partial charge in [-0.05, 0) is 36.1 Å². The van der Waals surface area contributed by atoms with Gasteiger partial charge in [0.05, 0.1) is 17.8 Å². The fraction of sp³-hybridized carbons (Fsp3) is 0.400. The molecule has 0 radical (unpaired) electrons. The molecule has 3 nitrogen and oxygen atoms in total. The Morgan fingerprint density at radius 3 is 2.48 bits per heavy atom. The third-order valence-electron chi connectivity index (χ3n) is 4.95. The molecular weight excluding hydrogens is 288 g/mol. The largest absolute Gasteiger partial charge is 0.489 e. The highest BCUT2D eigenvalue weighted by Crippen LogP contribution is 2.44. The number of hydrogen-bond acceptors (Lipinski definition) is 3. The molecule has 2 aromatic rings. The van der Waals surface area contributed by atoms with Crippen molar-refractivity contribution in [3.63, 3.8) is 0 Å². The standard InChI is InChI=1S/C20H22O3/c21-20(12-18-9-10-19(13-20)23-18)16-7-4-8-17(11-16)22-14-15-5-2-1-3-6-15/h1-8,11,18-19,21H,9-10,12-14H2. The van der Waals surface area contributed by atoms with Crippen LogP contribution in [0.15, 0.2) is 54.6 Å². The van der Waals surface area contributed by atoms with Crippen molar-refractivity contribution in [2.45, 2.75) is 50.1 Å². The zero-order valence-corrected chi connectivity index (χ0v) is 13.2. The summed E-state index contributed by atoms with van der Waals surface area (Å²) in [6, 6.07) is 18.0. The van der Waals surface area contributed by atoms with Crippen LogP contribution in [0.2, 0.25) is 0 Å². The number of benzene rings is 2. The lowest BCUT2D eigenvalue weighted by atomic mass is 9.83. The SMILES string of the molecule is OC1(c2cccc(OCc3ccccc3)c2)CC2CCC(C1)O2. The van der Waals surface area contributed by atoms with Crippen LogP contribution in [0.3, 0.4) is 0 Å². The molecule has 2 aromatic carbocycles. The molecule has 120 valence electrons. The normalized spacial score (nSPS) is 29.4. The molecule has 2 unspecified atom stereocenters. The molecule has 2 bridgehead atoms. The van der Waals surface area contributed by atoms with Crippen LogP contribution in [0.5, 0.6) is 5.75 Å². The monoisotopic (exact) mass is 310 g/mol. The molecule has 2 fully saturated rings. The molecule has 3 heteroatoms. The zero-order valence-electron chi connectivity index (χ0n) is 13.2. The Morgan fingerprint density at radius 2 is 1.74 bits per heavy atom. The molecule has 2 atom stereocenters. The highest BCUT2D eigenvalue weighted by Gasteiger charge is 2.44. The Labute approximate surface area is 136 Å². The molecule has 0 spiro atoms. The van der Waals surface area contributed by atoms with Crippen LogP contribution in [-0.2, 0) is 16.9 Å². The molecule has 2 aliphatic heterocycles. The van der Waals surface area contributed by atoms with E-state index in [0.717, 1.165) is 29.7 Å². The molecule has 1 N–H and O–H groups in total. The van der Waals surface area contributed by atoms with Gasteiger partial charge in [-0.25, -0.2) is 0 Å². The second-order valence-corrected chi connectivity index (χ2v) is 6.70. The van der Waals surface area contributed by atoms with Crippen molar-refractivity contribution in [2.75, 3.05) is 0 Å². The predicted molar refractivity (Wildman–Crippen MR) is 88.2 cm³/mol. The fourth-order valence-corrected chi connectivity index (χ4v) is 3.77. The first-order chi connectivity index (χ1) is 11.2. The lowest BCUT2D eigenvalue weighted by molar-refractivity contribution is -0.115. The first-order valence-electron chi connectivity index (χ1n) is 8.36. The van der Waals surface area contributed by atoms with Crippen LogP contribution in [-0.4, -0.2) is 17.3 Å². The van der Waals surface area contributed by atoms with Crippen molar-refractivity contribution in [3.05, 3.63) is 65.7 Å². The molecule has 0 aromatic heterocycles. The number of ether oxygens (including phenoxy) is 2. The Bertz CT molecular complexity index is 656. The second kappa shape index (κ2) is 5.99. The van der Waals surface area contributed by atoms with Crippen LogP contribution in [0, 0.1) is 0 Å². The van der Waals surface area contributed by atoms with E-state index in [9.17, 15) is 5.11 Å². The van der Waals surface area contributed by atoms with Gasteiger partial charge in [0.15, 0.2) is 0 Å². The van der Waals surface area contributed by atoms with Crippen molar-refractivity contribution in [3.8, 4) is 5.75 Å². The minimum absolute atomic E-state index is 0.202. The maximum atomic E-state index is 11.1. The summed E-state index contributed by atoms with van der Waals surface area (Å²) in [5.41, 5.74) is 1.31. The topological polar surface area (TPSA) is 38.7 Å². The summed E-state index contributed by atoms with van der Waals surface area (Å²) in [5.74, 6) is 0.804. The van der Waals surface area contributed by atoms with Crippen molar-refractivity contribution in [1.82, 2.24) is 0 Å². The molecule has 23 heavy (non-hydrogen) atoms. The van der Waals surface area contributed by atoms with Crippen molar-refractivity contribution in [2.24, 2.45) is 0 Å². The Hall–Kier alpha value is -1.84. The number of fused-ring (bicyclic) bond motifs is 2. The van der Waals surface area contributed by atoms with E-state index < -0.39 is 5.60 Å². The first kappa shape index (κ1) is 14.7. The van der Waals surface area contributed by atoms with E-state index in [1.807, 2.05) is 54.6 Å². The highest BCUT2D eigenvalue weighted by molar-refractivity contribution is 5.33. The summed E-state index contributed by atoms with van der Waals surface area (Å²) < 4.78 is 11.8. The maximum absolute atomic E-state index is 11.1. The van der Waals surface area contributed by atoms with Gasteiger partial charge in [-0.2, -0.15) is 0 Å². The highest BCUT2D eigenvalue weighted by atomic mass is 16.5. The fourth-order valence-electron chi connectivity index (χ4n) is 3.77. The van der Waals surface area contributed by atoms with Gasteiger partial charge in [0.2, 0.25) is 0 Å². The second-order valence-electron chi connectivity index (χ2n) is 6.70. The molecule has 0 saturated carbocycles. The van der Waals surface area contributed by atoms with E-state index >= 15 is 0 Å².